The number of nitrogens with two attached hydrogens (primary N) is 1. The van der Waals surface area contributed by atoms with Crippen LogP contribution in [0.4, 0.5) is 5.95 Å². The van der Waals surface area contributed by atoms with E-state index in [1.54, 1.807) is 26.0 Å². The number of ether oxygens (including phenoxy) is 2. The lowest BCUT2D eigenvalue weighted by atomic mass is 10.1. The van der Waals surface area contributed by atoms with Crippen LogP contribution in [0.25, 0.3) is 22.3 Å². The van der Waals surface area contributed by atoms with E-state index in [0.29, 0.717) is 41.3 Å². The first-order chi connectivity index (χ1) is 14.5. The molecule has 9 heteroatoms. The van der Waals surface area contributed by atoms with Crippen LogP contribution in [-0.2, 0) is 4.79 Å². The van der Waals surface area contributed by atoms with Crippen LogP contribution >= 0.6 is 0 Å². The van der Waals surface area contributed by atoms with Gasteiger partial charge in [0.15, 0.2) is 11.5 Å². The Bertz CT molecular complexity index is 1100. The second kappa shape index (κ2) is 8.11. The Kier molecular flexibility index (Phi) is 5.37. The molecule has 30 heavy (non-hydrogen) atoms. The van der Waals surface area contributed by atoms with Gasteiger partial charge in [0.25, 0.3) is 0 Å². The standard InChI is InChI=1S/C21H24N6O3/c1-12(28)27-9-8-23-11-16(27)20-19-15(25-21(22)26-20)6-5-14(24-19)13-4-7-17(29-2)18(10-13)30-3/h4-7,10,16,23H,8-9,11H2,1-3H3,(H2,22,25,26). The van der Waals surface area contributed by atoms with Crippen LogP contribution in [0.15, 0.2) is 30.3 Å². The molecule has 1 amide bonds. The monoisotopic (exact) mass is 408 g/mol. The summed E-state index contributed by atoms with van der Waals surface area (Å²) in [6.45, 7) is 3.47. The van der Waals surface area contributed by atoms with E-state index in [0.717, 1.165) is 17.8 Å². The highest BCUT2D eigenvalue weighted by Crippen LogP contribution is 2.33. The van der Waals surface area contributed by atoms with Gasteiger partial charge in [-0.25, -0.2) is 15.0 Å². The van der Waals surface area contributed by atoms with Gasteiger partial charge in [-0.15, -0.1) is 0 Å². The number of benzene rings is 1. The molecule has 1 aliphatic rings. The molecule has 1 unspecified atom stereocenters. The number of pyridine rings is 1. The molecular weight excluding hydrogens is 384 g/mol. The number of nitrogens with zero attached hydrogens (tertiary/aromatic N) is 4. The molecule has 2 aromatic heterocycles. The fourth-order valence-corrected chi connectivity index (χ4v) is 3.77. The lowest BCUT2D eigenvalue weighted by molar-refractivity contribution is -0.132. The minimum Gasteiger partial charge on any atom is -0.493 e. The van der Waals surface area contributed by atoms with Gasteiger partial charge < -0.3 is 25.4 Å². The van der Waals surface area contributed by atoms with Gasteiger partial charge in [0.2, 0.25) is 11.9 Å². The van der Waals surface area contributed by atoms with Crippen LogP contribution < -0.4 is 20.5 Å². The van der Waals surface area contributed by atoms with Crippen molar-refractivity contribution < 1.29 is 14.3 Å². The van der Waals surface area contributed by atoms with Crippen LogP contribution in [0.1, 0.15) is 18.7 Å². The first kappa shape index (κ1) is 19.8. The number of aromatic nitrogens is 3. The summed E-state index contributed by atoms with van der Waals surface area (Å²) < 4.78 is 10.7. The zero-order valence-corrected chi connectivity index (χ0v) is 17.2. The molecule has 3 N–H and O–H groups in total. The topological polar surface area (TPSA) is 115 Å². The summed E-state index contributed by atoms with van der Waals surface area (Å²) in [7, 11) is 3.19. The predicted octanol–water partition coefficient (Wildman–Crippen LogP) is 1.78. The van der Waals surface area contributed by atoms with Crippen molar-refractivity contribution in [2.24, 2.45) is 0 Å². The number of carbonyl (C=O) groups is 1. The van der Waals surface area contributed by atoms with E-state index in [1.807, 2.05) is 30.3 Å². The molecule has 9 nitrogen and oxygen atoms in total. The van der Waals surface area contributed by atoms with Crippen LogP contribution in [0.3, 0.4) is 0 Å². The number of rotatable bonds is 4. The third-order valence-corrected chi connectivity index (χ3v) is 5.23. The molecule has 156 valence electrons. The van der Waals surface area contributed by atoms with Crippen molar-refractivity contribution in [3.63, 3.8) is 0 Å². The number of methoxy groups -OCH3 is 2. The van der Waals surface area contributed by atoms with E-state index in [4.69, 9.17) is 20.2 Å². The molecule has 3 heterocycles. The second-order valence-corrected chi connectivity index (χ2v) is 7.03. The highest BCUT2D eigenvalue weighted by molar-refractivity contribution is 5.82. The maximum atomic E-state index is 12.2. The first-order valence-corrected chi connectivity index (χ1v) is 9.66. The SMILES string of the molecule is COc1ccc(-c2ccc3nc(N)nc(C4CNCCN4C(C)=O)c3n2)cc1OC. The minimum absolute atomic E-state index is 0.0112. The lowest BCUT2D eigenvalue weighted by Gasteiger charge is -2.35. The summed E-state index contributed by atoms with van der Waals surface area (Å²) in [5.74, 6) is 1.41. The van der Waals surface area contributed by atoms with Gasteiger partial charge in [-0.1, -0.05) is 0 Å². The molecule has 0 saturated carbocycles. The molecule has 0 radical (unpaired) electrons. The number of amides is 1. The van der Waals surface area contributed by atoms with E-state index < -0.39 is 0 Å². The number of nitrogen functional groups attached to an aromatic ring is 1. The number of piperazine rings is 1. The van der Waals surface area contributed by atoms with Gasteiger partial charge in [0.1, 0.15) is 5.52 Å². The highest BCUT2D eigenvalue weighted by Gasteiger charge is 2.29. The fourth-order valence-electron chi connectivity index (χ4n) is 3.77. The molecule has 1 saturated heterocycles. The van der Waals surface area contributed by atoms with Gasteiger partial charge in [-0.3, -0.25) is 4.79 Å². The largest absolute Gasteiger partial charge is 0.493 e. The average Bonchev–Trinajstić information content (AvgIpc) is 2.77. The maximum Gasteiger partial charge on any atom is 0.220 e. The lowest BCUT2D eigenvalue weighted by Crippen LogP contribution is -2.48. The molecule has 0 bridgehead atoms. The molecule has 0 aliphatic carbocycles. The summed E-state index contributed by atoms with van der Waals surface area (Å²) >= 11 is 0. The van der Waals surface area contributed by atoms with Crippen LogP contribution in [0, 0.1) is 0 Å². The van der Waals surface area contributed by atoms with E-state index in [-0.39, 0.29) is 17.9 Å². The summed E-state index contributed by atoms with van der Waals surface area (Å²) in [6, 6.07) is 9.10. The molecule has 1 aromatic carbocycles. The second-order valence-electron chi connectivity index (χ2n) is 7.03. The van der Waals surface area contributed by atoms with Crippen LogP contribution in [0.2, 0.25) is 0 Å². The Balaban J connectivity index is 1.85. The number of hydrogen-bond acceptors (Lipinski definition) is 8. The van der Waals surface area contributed by atoms with Crippen LogP contribution in [0.5, 0.6) is 11.5 Å². The molecule has 1 atom stereocenters. The van der Waals surface area contributed by atoms with Crippen molar-refractivity contribution in [2.75, 3.05) is 39.6 Å². The Morgan fingerprint density at radius 3 is 2.67 bits per heavy atom. The number of hydrogen-bond donors (Lipinski definition) is 2. The Labute approximate surface area is 174 Å². The van der Waals surface area contributed by atoms with E-state index in [2.05, 4.69) is 15.3 Å². The minimum atomic E-state index is -0.266. The first-order valence-electron chi connectivity index (χ1n) is 9.66. The summed E-state index contributed by atoms with van der Waals surface area (Å²) in [5.41, 5.74) is 9.46. The maximum absolute atomic E-state index is 12.2. The molecule has 3 aromatic rings. The van der Waals surface area contributed by atoms with Crippen molar-refractivity contribution in [3.8, 4) is 22.8 Å². The normalized spacial score (nSPS) is 16.5. The Hall–Kier alpha value is -3.46. The summed E-state index contributed by atoms with van der Waals surface area (Å²) in [5, 5.41) is 3.32. The fraction of sp³-hybridized carbons (Fsp3) is 0.333. The Morgan fingerprint density at radius 2 is 1.93 bits per heavy atom. The highest BCUT2D eigenvalue weighted by atomic mass is 16.5. The molecule has 1 fully saturated rings. The molecule has 1 aliphatic heterocycles. The summed E-state index contributed by atoms with van der Waals surface area (Å²) in [6.07, 6.45) is 0. The summed E-state index contributed by atoms with van der Waals surface area (Å²) in [4.78, 5) is 27.6. The van der Waals surface area contributed by atoms with Crippen molar-refractivity contribution in [1.82, 2.24) is 25.2 Å². The van der Waals surface area contributed by atoms with Crippen LogP contribution in [-0.4, -0.2) is 59.6 Å². The zero-order chi connectivity index (χ0) is 21.3. The van der Waals surface area contributed by atoms with Crippen molar-refractivity contribution in [3.05, 3.63) is 36.0 Å². The van der Waals surface area contributed by atoms with Crippen molar-refractivity contribution in [2.45, 2.75) is 13.0 Å². The van der Waals surface area contributed by atoms with E-state index in [9.17, 15) is 4.79 Å². The number of nitrogens with one attached hydrogen (secondary N) is 1. The number of carbonyl (C=O) groups excluding carboxylic acids is 1. The third kappa shape index (κ3) is 3.59. The predicted molar refractivity (Wildman–Crippen MR) is 113 cm³/mol. The van der Waals surface area contributed by atoms with Crippen molar-refractivity contribution >= 4 is 22.9 Å². The number of fused-ring (bicyclic) bond motifs is 1. The van der Waals surface area contributed by atoms with E-state index in [1.165, 1.54) is 0 Å². The van der Waals surface area contributed by atoms with Gasteiger partial charge in [0.05, 0.1) is 37.2 Å². The molecular formula is C21H24N6O3. The van der Waals surface area contributed by atoms with Gasteiger partial charge in [-0.2, -0.15) is 0 Å². The molecule has 0 spiro atoms. The van der Waals surface area contributed by atoms with E-state index >= 15 is 0 Å². The quantitative estimate of drug-likeness (QED) is 0.671. The number of anilines is 1. The zero-order valence-electron chi connectivity index (χ0n) is 17.2. The smallest absolute Gasteiger partial charge is 0.220 e. The van der Waals surface area contributed by atoms with Gasteiger partial charge >= 0.3 is 0 Å². The Morgan fingerprint density at radius 1 is 1.13 bits per heavy atom. The third-order valence-electron chi connectivity index (χ3n) is 5.23. The van der Waals surface area contributed by atoms with Crippen molar-refractivity contribution in [1.29, 1.82) is 0 Å². The van der Waals surface area contributed by atoms with Gasteiger partial charge in [-0.05, 0) is 30.3 Å². The van der Waals surface area contributed by atoms with Gasteiger partial charge in [0, 0.05) is 32.1 Å². The molecule has 4 rings (SSSR count). The average molecular weight is 408 g/mol.